The number of hydrogen-bond acceptors (Lipinski definition) is 2. The van der Waals surface area contributed by atoms with Gasteiger partial charge in [-0.1, -0.05) is 59.6 Å². The SMILES string of the molecule is O=C(O)C1c2ccccc2C(=O)N(Cc2ccc(C(F)(F)F)cc2)C1c1ccc(Cl)cc1Cl. The Morgan fingerprint density at radius 3 is 2.24 bits per heavy atom. The van der Waals surface area contributed by atoms with E-state index < -0.39 is 35.6 Å². The van der Waals surface area contributed by atoms with Crippen molar-refractivity contribution in [3.8, 4) is 0 Å². The Bertz CT molecular complexity index is 1230. The highest BCUT2D eigenvalue weighted by Gasteiger charge is 2.45. The van der Waals surface area contributed by atoms with Crippen LogP contribution in [0.25, 0.3) is 0 Å². The third-order valence-electron chi connectivity index (χ3n) is 5.62. The normalized spacial score (nSPS) is 18.2. The van der Waals surface area contributed by atoms with Crippen molar-refractivity contribution in [2.24, 2.45) is 0 Å². The van der Waals surface area contributed by atoms with Crippen molar-refractivity contribution < 1.29 is 27.9 Å². The molecule has 1 amide bonds. The molecule has 0 spiro atoms. The van der Waals surface area contributed by atoms with Crippen LogP contribution < -0.4 is 0 Å². The highest BCUT2D eigenvalue weighted by molar-refractivity contribution is 6.35. The topological polar surface area (TPSA) is 57.6 Å². The van der Waals surface area contributed by atoms with Gasteiger partial charge in [-0.3, -0.25) is 9.59 Å². The standard InChI is InChI=1S/C24H16Cl2F3NO3/c25-15-9-10-18(19(26)11-15)21-20(23(32)33)16-3-1-2-4-17(16)22(31)30(21)12-13-5-7-14(8-6-13)24(27,28)29/h1-11,20-21H,12H2,(H,32,33). The Morgan fingerprint density at radius 1 is 0.970 bits per heavy atom. The first-order chi connectivity index (χ1) is 15.6. The highest BCUT2D eigenvalue weighted by atomic mass is 35.5. The van der Waals surface area contributed by atoms with E-state index in [1.165, 1.54) is 29.2 Å². The maximum Gasteiger partial charge on any atom is 0.416 e. The summed E-state index contributed by atoms with van der Waals surface area (Å²) in [4.78, 5) is 27.2. The van der Waals surface area contributed by atoms with Crippen molar-refractivity contribution in [3.63, 3.8) is 0 Å². The number of amides is 1. The summed E-state index contributed by atoms with van der Waals surface area (Å²) in [5.41, 5.74) is 0.535. The van der Waals surface area contributed by atoms with E-state index in [1.807, 2.05) is 0 Å². The van der Waals surface area contributed by atoms with Gasteiger partial charge >= 0.3 is 12.1 Å². The Labute approximate surface area is 197 Å². The van der Waals surface area contributed by atoms with Gasteiger partial charge in [-0.2, -0.15) is 13.2 Å². The Hall–Kier alpha value is -3.03. The monoisotopic (exact) mass is 493 g/mol. The first-order valence-electron chi connectivity index (χ1n) is 9.81. The quantitative estimate of drug-likeness (QED) is 0.446. The van der Waals surface area contributed by atoms with Crippen molar-refractivity contribution in [1.82, 2.24) is 4.90 Å². The van der Waals surface area contributed by atoms with Crippen LogP contribution in [0.15, 0.2) is 66.7 Å². The molecule has 0 saturated heterocycles. The Balaban J connectivity index is 1.85. The summed E-state index contributed by atoms with van der Waals surface area (Å²) in [6.07, 6.45) is -4.49. The molecule has 2 atom stereocenters. The zero-order valence-corrected chi connectivity index (χ0v) is 18.3. The smallest absolute Gasteiger partial charge is 0.416 e. The van der Waals surface area contributed by atoms with Crippen LogP contribution in [-0.4, -0.2) is 21.9 Å². The van der Waals surface area contributed by atoms with E-state index >= 15 is 0 Å². The second-order valence-electron chi connectivity index (χ2n) is 7.64. The number of halogens is 5. The fourth-order valence-corrected chi connectivity index (χ4v) is 4.64. The van der Waals surface area contributed by atoms with E-state index in [1.54, 1.807) is 30.3 Å². The predicted molar refractivity (Wildman–Crippen MR) is 117 cm³/mol. The third-order valence-corrected chi connectivity index (χ3v) is 6.18. The number of benzene rings is 3. The summed E-state index contributed by atoms with van der Waals surface area (Å²) >= 11 is 12.4. The first kappa shape index (κ1) is 23.1. The zero-order valence-electron chi connectivity index (χ0n) is 16.8. The maximum atomic E-state index is 13.5. The summed E-state index contributed by atoms with van der Waals surface area (Å²) in [5, 5.41) is 10.7. The Kier molecular flexibility index (Phi) is 6.12. The highest BCUT2D eigenvalue weighted by Crippen LogP contribution is 2.46. The number of hydrogen-bond donors (Lipinski definition) is 1. The number of aliphatic carboxylic acids is 1. The van der Waals surface area contributed by atoms with Crippen LogP contribution in [0.3, 0.4) is 0 Å². The summed E-state index contributed by atoms with van der Waals surface area (Å²) in [6, 6.07) is 14.3. The van der Waals surface area contributed by atoms with E-state index in [-0.39, 0.29) is 17.1 Å². The molecular weight excluding hydrogens is 478 g/mol. The van der Waals surface area contributed by atoms with E-state index in [2.05, 4.69) is 0 Å². The molecule has 3 aromatic carbocycles. The molecule has 1 aliphatic heterocycles. The van der Waals surface area contributed by atoms with Crippen molar-refractivity contribution >= 4 is 35.1 Å². The lowest BCUT2D eigenvalue weighted by molar-refractivity contribution is -0.141. The Morgan fingerprint density at radius 2 is 1.64 bits per heavy atom. The third kappa shape index (κ3) is 4.43. The molecular formula is C24H16Cl2F3NO3. The number of carboxylic acid groups (broad SMARTS) is 1. The van der Waals surface area contributed by atoms with Crippen molar-refractivity contribution in [1.29, 1.82) is 0 Å². The minimum atomic E-state index is -4.49. The van der Waals surface area contributed by atoms with E-state index in [0.717, 1.165) is 12.1 Å². The number of alkyl halides is 3. The molecule has 4 rings (SSSR count). The van der Waals surface area contributed by atoms with Gasteiger partial charge in [0.05, 0.1) is 11.6 Å². The van der Waals surface area contributed by atoms with Crippen LogP contribution >= 0.6 is 23.2 Å². The second-order valence-corrected chi connectivity index (χ2v) is 8.49. The van der Waals surface area contributed by atoms with Gasteiger partial charge in [-0.05, 0) is 47.0 Å². The van der Waals surface area contributed by atoms with E-state index in [0.29, 0.717) is 21.7 Å². The maximum absolute atomic E-state index is 13.5. The van der Waals surface area contributed by atoms with Crippen LogP contribution in [0, 0.1) is 0 Å². The van der Waals surface area contributed by atoms with Gasteiger partial charge in [0.15, 0.2) is 0 Å². The summed E-state index contributed by atoms with van der Waals surface area (Å²) in [6.45, 7) is -0.112. The fraction of sp³-hybridized carbons (Fsp3) is 0.167. The molecule has 0 fully saturated rings. The largest absolute Gasteiger partial charge is 0.481 e. The number of carbonyl (C=O) groups is 2. The molecule has 4 nitrogen and oxygen atoms in total. The summed E-state index contributed by atoms with van der Waals surface area (Å²) in [7, 11) is 0. The summed E-state index contributed by atoms with van der Waals surface area (Å²) < 4.78 is 38.9. The lowest BCUT2D eigenvalue weighted by Crippen LogP contribution is -2.44. The van der Waals surface area contributed by atoms with Gasteiger partial charge in [0, 0.05) is 22.2 Å². The lowest BCUT2D eigenvalue weighted by Gasteiger charge is -2.41. The molecule has 1 aliphatic rings. The van der Waals surface area contributed by atoms with Crippen LogP contribution in [0.2, 0.25) is 10.0 Å². The molecule has 2 unspecified atom stereocenters. The van der Waals surface area contributed by atoms with E-state index in [9.17, 15) is 27.9 Å². The molecule has 9 heteroatoms. The molecule has 1 heterocycles. The van der Waals surface area contributed by atoms with Gasteiger partial charge in [0.1, 0.15) is 5.92 Å². The van der Waals surface area contributed by atoms with E-state index in [4.69, 9.17) is 23.2 Å². The van der Waals surface area contributed by atoms with Crippen LogP contribution in [-0.2, 0) is 17.5 Å². The van der Waals surface area contributed by atoms with Crippen LogP contribution in [0.1, 0.15) is 44.6 Å². The number of carboxylic acids is 1. The van der Waals surface area contributed by atoms with Crippen molar-refractivity contribution in [3.05, 3.63) is 105 Å². The van der Waals surface area contributed by atoms with Crippen molar-refractivity contribution in [2.45, 2.75) is 24.7 Å². The molecule has 1 N–H and O–H groups in total. The first-order valence-corrected chi connectivity index (χ1v) is 10.6. The minimum Gasteiger partial charge on any atom is -0.481 e. The molecule has 0 aliphatic carbocycles. The molecule has 33 heavy (non-hydrogen) atoms. The number of fused-ring (bicyclic) bond motifs is 1. The molecule has 170 valence electrons. The number of rotatable bonds is 4. The van der Waals surface area contributed by atoms with Crippen LogP contribution in [0.5, 0.6) is 0 Å². The number of nitrogens with zero attached hydrogens (tertiary/aromatic N) is 1. The number of carbonyl (C=O) groups excluding carboxylic acids is 1. The molecule has 0 aromatic heterocycles. The predicted octanol–water partition coefficient (Wildman–Crippen LogP) is 6.58. The molecule has 0 radical (unpaired) electrons. The van der Waals surface area contributed by atoms with Gasteiger partial charge in [0.25, 0.3) is 5.91 Å². The van der Waals surface area contributed by atoms with Gasteiger partial charge in [-0.25, -0.2) is 0 Å². The van der Waals surface area contributed by atoms with Gasteiger partial charge < -0.3 is 10.0 Å². The molecule has 0 saturated carbocycles. The second kappa shape index (κ2) is 8.72. The lowest BCUT2D eigenvalue weighted by atomic mass is 9.79. The minimum absolute atomic E-state index is 0.112. The van der Waals surface area contributed by atoms with Crippen molar-refractivity contribution in [2.75, 3.05) is 0 Å². The average molecular weight is 494 g/mol. The van der Waals surface area contributed by atoms with Gasteiger partial charge in [0.2, 0.25) is 0 Å². The van der Waals surface area contributed by atoms with Crippen LogP contribution in [0.4, 0.5) is 13.2 Å². The molecule has 0 bridgehead atoms. The zero-order chi connectivity index (χ0) is 23.9. The van der Waals surface area contributed by atoms with Gasteiger partial charge in [-0.15, -0.1) is 0 Å². The fourth-order valence-electron chi connectivity index (χ4n) is 4.12. The average Bonchev–Trinajstić information content (AvgIpc) is 2.75. The molecule has 3 aromatic rings. The summed E-state index contributed by atoms with van der Waals surface area (Å²) in [5.74, 6) is -2.76.